The van der Waals surface area contributed by atoms with Gasteiger partial charge < -0.3 is 9.32 Å². The Morgan fingerprint density at radius 3 is 2.59 bits per heavy atom. The Labute approximate surface area is 158 Å². The molecule has 2 unspecified atom stereocenters. The van der Waals surface area contributed by atoms with Crippen LogP contribution in [0.25, 0.3) is 11.1 Å². The number of sulfonamides is 1. The summed E-state index contributed by atoms with van der Waals surface area (Å²) >= 11 is 0. The monoisotopic (exact) mass is 395 g/mol. The fourth-order valence-corrected chi connectivity index (χ4v) is 4.73. The number of likely N-dealkylation sites (tertiary alicyclic amines) is 1. The zero-order chi connectivity index (χ0) is 19.8. The first kappa shape index (κ1) is 19.6. The number of oxazole rings is 1. The second kappa shape index (κ2) is 7.47. The molecule has 0 saturated carbocycles. The second-order valence-corrected chi connectivity index (χ2v) is 9.22. The molecule has 0 aliphatic carbocycles. The van der Waals surface area contributed by atoms with Crippen LogP contribution < -0.4 is 10.5 Å². The van der Waals surface area contributed by atoms with E-state index in [2.05, 4.69) is 18.6 Å². The Morgan fingerprint density at radius 1 is 1.26 bits per heavy atom. The Hall–Kier alpha value is -2.13. The van der Waals surface area contributed by atoms with E-state index in [1.165, 1.54) is 22.8 Å². The third-order valence-electron chi connectivity index (χ3n) is 4.93. The van der Waals surface area contributed by atoms with Crippen molar-refractivity contribution in [3.63, 3.8) is 0 Å². The number of piperidine rings is 1. The number of aryl methyl sites for hydroxylation is 1. The first-order valence-corrected chi connectivity index (χ1v) is 10.5. The predicted molar refractivity (Wildman–Crippen MR) is 101 cm³/mol. The van der Waals surface area contributed by atoms with E-state index in [-0.39, 0.29) is 29.4 Å². The molecule has 27 heavy (non-hydrogen) atoms. The highest BCUT2D eigenvalue weighted by Gasteiger charge is 2.25. The van der Waals surface area contributed by atoms with Crippen LogP contribution in [0.2, 0.25) is 0 Å². The first-order valence-electron chi connectivity index (χ1n) is 9.04. The average molecular weight is 395 g/mol. The van der Waals surface area contributed by atoms with Gasteiger partial charge in [0.1, 0.15) is 0 Å². The summed E-state index contributed by atoms with van der Waals surface area (Å²) < 4.78 is 33.7. The number of carbonyl (C=O) groups excluding carboxylic acids is 1. The summed E-state index contributed by atoms with van der Waals surface area (Å²) in [6.45, 7) is 5.71. The van der Waals surface area contributed by atoms with Crippen molar-refractivity contribution in [2.75, 3.05) is 19.6 Å². The second-order valence-electron chi connectivity index (χ2n) is 7.45. The fraction of sp³-hybridized carbons (Fsp3) is 0.556. The number of nitrogens with zero attached hydrogens (tertiary/aromatic N) is 2. The lowest BCUT2D eigenvalue weighted by Gasteiger charge is -2.35. The third-order valence-corrected chi connectivity index (χ3v) is 6.39. The molecular formula is C18H25N3O5S. The maximum atomic E-state index is 12.5. The highest BCUT2D eigenvalue weighted by atomic mass is 32.2. The van der Waals surface area contributed by atoms with Crippen LogP contribution in [-0.2, 0) is 21.9 Å². The van der Waals surface area contributed by atoms with Gasteiger partial charge in [-0.1, -0.05) is 13.8 Å². The largest absolute Gasteiger partial charge is 0.419 e. The Kier molecular flexibility index (Phi) is 5.43. The van der Waals surface area contributed by atoms with Crippen molar-refractivity contribution in [3.8, 4) is 0 Å². The van der Waals surface area contributed by atoms with Crippen LogP contribution in [0, 0.1) is 11.8 Å². The Bertz CT molecular complexity index is 998. The van der Waals surface area contributed by atoms with Crippen LogP contribution in [0.3, 0.4) is 0 Å². The summed E-state index contributed by atoms with van der Waals surface area (Å²) in [5, 5.41) is 0. The van der Waals surface area contributed by atoms with Gasteiger partial charge in [0, 0.05) is 39.2 Å². The molecule has 1 N–H and O–H groups in total. The van der Waals surface area contributed by atoms with Crippen LogP contribution in [0.15, 0.2) is 32.3 Å². The average Bonchev–Trinajstić information content (AvgIpc) is 2.87. The van der Waals surface area contributed by atoms with Crippen molar-refractivity contribution >= 4 is 27.0 Å². The minimum absolute atomic E-state index is 0.00276. The quantitative estimate of drug-likeness (QED) is 0.822. The summed E-state index contributed by atoms with van der Waals surface area (Å²) in [6.07, 6.45) is 1.22. The van der Waals surface area contributed by atoms with E-state index < -0.39 is 15.8 Å². The SMILES string of the molecule is CC1CC(C)CN(C(=O)CCNS(=O)(=O)c2ccc3c(c2)oc(=O)n3C)C1. The van der Waals surface area contributed by atoms with Crippen molar-refractivity contribution in [3.05, 3.63) is 28.7 Å². The van der Waals surface area contributed by atoms with Gasteiger partial charge in [-0.2, -0.15) is 0 Å². The lowest BCUT2D eigenvalue weighted by molar-refractivity contribution is -0.133. The molecule has 2 heterocycles. The van der Waals surface area contributed by atoms with Gasteiger partial charge in [0.05, 0.1) is 10.4 Å². The maximum absolute atomic E-state index is 12.5. The molecule has 8 nitrogen and oxygen atoms in total. The van der Waals surface area contributed by atoms with Gasteiger partial charge in [-0.05, 0) is 30.4 Å². The molecule has 1 aliphatic rings. The van der Waals surface area contributed by atoms with Gasteiger partial charge in [0.2, 0.25) is 15.9 Å². The van der Waals surface area contributed by atoms with Gasteiger partial charge in [-0.15, -0.1) is 0 Å². The summed E-state index contributed by atoms with van der Waals surface area (Å²) in [7, 11) is -2.25. The van der Waals surface area contributed by atoms with Gasteiger partial charge in [0.15, 0.2) is 5.58 Å². The number of rotatable bonds is 5. The zero-order valence-electron chi connectivity index (χ0n) is 15.8. The highest BCUT2D eigenvalue weighted by molar-refractivity contribution is 7.89. The first-order chi connectivity index (χ1) is 12.7. The number of hydrogen-bond donors (Lipinski definition) is 1. The molecular weight excluding hydrogens is 370 g/mol. The molecule has 2 aromatic rings. The van der Waals surface area contributed by atoms with E-state index in [0.29, 0.717) is 17.4 Å². The third kappa shape index (κ3) is 4.24. The van der Waals surface area contributed by atoms with Gasteiger partial charge in [0.25, 0.3) is 0 Å². The van der Waals surface area contributed by atoms with Crippen LogP contribution in [0.4, 0.5) is 0 Å². The van der Waals surface area contributed by atoms with E-state index in [0.717, 1.165) is 19.5 Å². The molecule has 1 fully saturated rings. The Morgan fingerprint density at radius 2 is 1.93 bits per heavy atom. The van der Waals surface area contributed by atoms with Crippen LogP contribution in [0.1, 0.15) is 26.7 Å². The van der Waals surface area contributed by atoms with Crippen molar-refractivity contribution in [2.24, 2.45) is 18.9 Å². The summed E-state index contributed by atoms with van der Waals surface area (Å²) in [5.41, 5.74) is 0.722. The number of fused-ring (bicyclic) bond motifs is 1. The molecule has 1 amide bonds. The molecule has 1 aliphatic heterocycles. The minimum Gasteiger partial charge on any atom is -0.408 e. The van der Waals surface area contributed by atoms with Crippen LogP contribution in [-0.4, -0.2) is 43.4 Å². The molecule has 1 saturated heterocycles. The summed E-state index contributed by atoms with van der Waals surface area (Å²) in [6, 6.07) is 4.25. The van der Waals surface area contributed by atoms with Crippen molar-refractivity contribution < 1.29 is 17.6 Å². The molecule has 1 aromatic carbocycles. The number of amides is 1. The topological polar surface area (TPSA) is 102 Å². The van der Waals surface area contributed by atoms with E-state index >= 15 is 0 Å². The molecule has 1 aromatic heterocycles. The summed E-state index contributed by atoms with van der Waals surface area (Å²) in [4.78, 5) is 25.7. The number of carbonyl (C=O) groups is 1. The molecule has 0 radical (unpaired) electrons. The Balaban J connectivity index is 1.63. The predicted octanol–water partition coefficient (Wildman–Crippen LogP) is 1.30. The van der Waals surface area contributed by atoms with Gasteiger partial charge in [-0.3, -0.25) is 9.36 Å². The number of hydrogen-bond acceptors (Lipinski definition) is 5. The van der Waals surface area contributed by atoms with Gasteiger partial charge >= 0.3 is 5.76 Å². The van der Waals surface area contributed by atoms with E-state index in [4.69, 9.17) is 4.42 Å². The van der Waals surface area contributed by atoms with Crippen LogP contribution >= 0.6 is 0 Å². The van der Waals surface area contributed by atoms with Crippen LogP contribution in [0.5, 0.6) is 0 Å². The van der Waals surface area contributed by atoms with E-state index in [1.54, 1.807) is 7.05 Å². The molecule has 9 heteroatoms. The standard InChI is InChI=1S/C18H25N3O5S/c1-12-8-13(2)11-21(10-12)17(22)6-7-19-27(24,25)14-4-5-15-16(9-14)26-18(23)20(15)3/h4-5,9,12-13,19H,6-8,10-11H2,1-3H3. The smallest absolute Gasteiger partial charge is 0.408 e. The fourth-order valence-electron chi connectivity index (χ4n) is 3.68. The maximum Gasteiger partial charge on any atom is 0.419 e. The lowest BCUT2D eigenvalue weighted by atomic mass is 9.92. The number of aromatic nitrogens is 1. The molecule has 3 rings (SSSR count). The van der Waals surface area contributed by atoms with Crippen molar-refractivity contribution in [1.29, 1.82) is 0 Å². The van der Waals surface area contributed by atoms with E-state index in [1.807, 2.05) is 4.90 Å². The minimum atomic E-state index is -3.80. The van der Waals surface area contributed by atoms with Gasteiger partial charge in [-0.25, -0.2) is 17.9 Å². The number of nitrogens with one attached hydrogen (secondary N) is 1. The van der Waals surface area contributed by atoms with Crippen molar-refractivity contribution in [1.82, 2.24) is 14.2 Å². The van der Waals surface area contributed by atoms with E-state index in [9.17, 15) is 18.0 Å². The summed E-state index contributed by atoms with van der Waals surface area (Å²) in [5.74, 6) is 0.326. The lowest BCUT2D eigenvalue weighted by Crippen LogP contribution is -2.43. The molecule has 0 spiro atoms. The van der Waals surface area contributed by atoms with Crippen molar-refractivity contribution in [2.45, 2.75) is 31.6 Å². The number of benzene rings is 1. The molecule has 0 bridgehead atoms. The zero-order valence-corrected chi connectivity index (χ0v) is 16.6. The highest BCUT2D eigenvalue weighted by Crippen LogP contribution is 2.21. The molecule has 148 valence electrons. The molecule has 2 atom stereocenters. The normalized spacial score (nSPS) is 20.9.